The molecule has 2 aromatic rings. The molecule has 0 radical (unpaired) electrons. The van der Waals surface area contributed by atoms with E-state index in [0.29, 0.717) is 38.0 Å². The van der Waals surface area contributed by atoms with Gasteiger partial charge in [-0.3, -0.25) is 4.79 Å². The van der Waals surface area contributed by atoms with E-state index in [0.717, 1.165) is 0 Å². The molecule has 0 fully saturated rings. The zero-order chi connectivity index (χ0) is 21.9. The summed E-state index contributed by atoms with van der Waals surface area (Å²) >= 11 is 0. The van der Waals surface area contributed by atoms with Crippen molar-refractivity contribution in [3.63, 3.8) is 0 Å². The summed E-state index contributed by atoms with van der Waals surface area (Å²) in [5.41, 5.74) is 0.839. The maximum absolute atomic E-state index is 12.7. The highest BCUT2D eigenvalue weighted by Crippen LogP contribution is 2.24. The molecule has 1 aromatic heterocycles. The van der Waals surface area contributed by atoms with Crippen molar-refractivity contribution in [1.82, 2.24) is 10.3 Å². The van der Waals surface area contributed by atoms with Gasteiger partial charge in [0.1, 0.15) is 23.7 Å². The Balaban J connectivity index is 1.61. The summed E-state index contributed by atoms with van der Waals surface area (Å²) in [6, 6.07) is 4.92. The lowest BCUT2D eigenvalue weighted by atomic mass is 10.0. The number of cyclic esters (lactones) is 1. The van der Waals surface area contributed by atoms with Crippen LogP contribution in [0, 0.1) is 11.8 Å². The molecule has 2 N–H and O–H groups in total. The fourth-order valence-electron chi connectivity index (χ4n) is 2.86. The molecule has 31 heavy (non-hydrogen) atoms. The molecule has 3 rings (SSSR count). The smallest absolute Gasteiger partial charge is 0.342 e. The minimum Gasteiger partial charge on any atom is -0.507 e. The first kappa shape index (κ1) is 21.9. The van der Waals surface area contributed by atoms with E-state index >= 15 is 0 Å². The van der Waals surface area contributed by atoms with Gasteiger partial charge in [-0.05, 0) is 18.1 Å². The van der Waals surface area contributed by atoms with Crippen LogP contribution in [0.2, 0.25) is 0 Å². The molecule has 8 nitrogen and oxygen atoms in total. The summed E-state index contributed by atoms with van der Waals surface area (Å²) in [7, 11) is 0. The van der Waals surface area contributed by atoms with Gasteiger partial charge in [0.2, 0.25) is 0 Å². The molecule has 1 amide bonds. The van der Waals surface area contributed by atoms with E-state index in [-0.39, 0.29) is 17.2 Å². The van der Waals surface area contributed by atoms with Crippen LogP contribution in [0.25, 0.3) is 0 Å². The standard InChI is InChI=1S/C23H22N2O6/c26-19-8-3-6-17-5-1-2-14-29-15-11-18(31-23(28)22(17)19)7-4-12-24-20(27)9-10-21-25-13-16-30-21/h1-4,6,8,12-13,16,18,26H,5,7,11,14-15H2,(H,24,27)/b2-1+,12-4+/t18-/m0/s1. The number of aromatic nitrogens is 1. The summed E-state index contributed by atoms with van der Waals surface area (Å²) < 4.78 is 16.1. The van der Waals surface area contributed by atoms with Crippen molar-refractivity contribution in [3.8, 4) is 17.6 Å². The average Bonchev–Trinajstić information content (AvgIpc) is 3.27. The van der Waals surface area contributed by atoms with Crippen LogP contribution in [0.15, 0.2) is 59.5 Å². The Hall–Kier alpha value is -3.83. The Kier molecular flexibility index (Phi) is 8.03. The van der Waals surface area contributed by atoms with Gasteiger partial charge in [0.05, 0.1) is 19.4 Å². The predicted octanol–water partition coefficient (Wildman–Crippen LogP) is 2.50. The Bertz CT molecular complexity index is 1010. The number of amides is 1. The van der Waals surface area contributed by atoms with Crippen LogP contribution in [0.4, 0.5) is 0 Å². The van der Waals surface area contributed by atoms with Crippen LogP contribution >= 0.6 is 0 Å². The number of carbonyl (C=O) groups excluding carboxylic acids is 2. The number of carbonyl (C=O) groups is 2. The number of ether oxygens (including phenoxy) is 2. The molecule has 0 saturated carbocycles. The molecule has 0 aliphatic carbocycles. The molecule has 0 bridgehead atoms. The van der Waals surface area contributed by atoms with Crippen LogP contribution in [-0.4, -0.2) is 41.3 Å². The maximum atomic E-state index is 12.7. The molecule has 1 aromatic carbocycles. The Morgan fingerprint density at radius 1 is 1.35 bits per heavy atom. The molecule has 1 atom stereocenters. The number of nitrogens with one attached hydrogen (secondary N) is 1. The topological polar surface area (TPSA) is 111 Å². The van der Waals surface area contributed by atoms with E-state index in [1.165, 1.54) is 24.7 Å². The lowest BCUT2D eigenvalue weighted by molar-refractivity contribution is -0.114. The highest BCUT2D eigenvalue weighted by atomic mass is 16.5. The van der Waals surface area contributed by atoms with E-state index in [9.17, 15) is 14.7 Å². The van der Waals surface area contributed by atoms with Gasteiger partial charge < -0.3 is 24.3 Å². The number of fused-ring (bicyclic) bond motifs is 1. The molecule has 0 unspecified atom stereocenters. The van der Waals surface area contributed by atoms with Crippen LogP contribution in [0.5, 0.6) is 5.75 Å². The van der Waals surface area contributed by atoms with Gasteiger partial charge in [-0.2, -0.15) is 0 Å². The maximum Gasteiger partial charge on any atom is 0.342 e. The Morgan fingerprint density at radius 2 is 2.26 bits per heavy atom. The monoisotopic (exact) mass is 422 g/mol. The summed E-state index contributed by atoms with van der Waals surface area (Å²) in [6.07, 6.45) is 10.5. The lowest BCUT2D eigenvalue weighted by Crippen LogP contribution is -2.21. The first-order valence-corrected chi connectivity index (χ1v) is 9.75. The van der Waals surface area contributed by atoms with Gasteiger partial charge in [0, 0.05) is 30.9 Å². The number of hydrogen-bond donors (Lipinski definition) is 2. The molecule has 0 spiro atoms. The third kappa shape index (κ3) is 6.87. The highest BCUT2D eigenvalue weighted by Gasteiger charge is 2.21. The molecule has 2 heterocycles. The number of rotatable bonds is 3. The largest absolute Gasteiger partial charge is 0.507 e. The summed E-state index contributed by atoms with van der Waals surface area (Å²) in [4.78, 5) is 28.2. The van der Waals surface area contributed by atoms with E-state index in [4.69, 9.17) is 13.9 Å². The average molecular weight is 422 g/mol. The van der Waals surface area contributed by atoms with Crippen LogP contribution in [0.3, 0.4) is 0 Å². The van der Waals surface area contributed by atoms with E-state index in [2.05, 4.69) is 22.1 Å². The molecular weight excluding hydrogens is 400 g/mol. The molecule has 1 aliphatic rings. The van der Waals surface area contributed by atoms with Gasteiger partial charge in [-0.1, -0.05) is 30.4 Å². The number of phenolic OH excluding ortho intramolecular Hbond substituents is 1. The van der Waals surface area contributed by atoms with Crippen LogP contribution < -0.4 is 5.32 Å². The van der Waals surface area contributed by atoms with Gasteiger partial charge >= 0.3 is 5.97 Å². The summed E-state index contributed by atoms with van der Waals surface area (Å²) in [5.74, 6) is 3.74. The normalized spacial score (nSPS) is 17.9. The number of oxazole rings is 1. The van der Waals surface area contributed by atoms with Gasteiger partial charge in [-0.25, -0.2) is 9.78 Å². The summed E-state index contributed by atoms with van der Waals surface area (Å²) in [6.45, 7) is 0.849. The number of hydrogen-bond acceptors (Lipinski definition) is 7. The molecular formula is C23H22N2O6. The molecule has 160 valence electrons. The van der Waals surface area contributed by atoms with Gasteiger partial charge in [0.15, 0.2) is 0 Å². The fraction of sp³-hybridized carbons (Fsp3) is 0.261. The second-order valence-electron chi connectivity index (χ2n) is 6.58. The highest BCUT2D eigenvalue weighted by molar-refractivity contribution is 5.95. The van der Waals surface area contributed by atoms with E-state index in [1.54, 1.807) is 18.2 Å². The molecule has 0 saturated heterocycles. The van der Waals surface area contributed by atoms with Crippen molar-refractivity contribution in [2.24, 2.45) is 0 Å². The minimum atomic E-state index is -0.596. The van der Waals surface area contributed by atoms with Gasteiger partial charge in [-0.15, -0.1) is 0 Å². The quantitative estimate of drug-likeness (QED) is 0.444. The van der Waals surface area contributed by atoms with Crippen molar-refractivity contribution in [2.45, 2.75) is 25.4 Å². The Labute approximate surface area is 179 Å². The first-order chi connectivity index (χ1) is 15.1. The zero-order valence-electron chi connectivity index (χ0n) is 16.7. The van der Waals surface area contributed by atoms with Crippen molar-refractivity contribution in [3.05, 3.63) is 72.1 Å². The Morgan fingerprint density at radius 3 is 3.10 bits per heavy atom. The van der Waals surface area contributed by atoms with Gasteiger partial charge in [0.25, 0.3) is 11.8 Å². The molecule has 8 heteroatoms. The van der Waals surface area contributed by atoms with E-state index < -0.39 is 18.0 Å². The van der Waals surface area contributed by atoms with Crippen molar-refractivity contribution in [1.29, 1.82) is 0 Å². The van der Waals surface area contributed by atoms with Crippen LogP contribution in [-0.2, 0) is 20.7 Å². The third-order valence-electron chi connectivity index (χ3n) is 4.36. The fourth-order valence-corrected chi connectivity index (χ4v) is 2.86. The molecule has 1 aliphatic heterocycles. The number of benzene rings is 1. The van der Waals surface area contributed by atoms with E-state index in [1.807, 2.05) is 12.2 Å². The minimum absolute atomic E-state index is 0.115. The van der Waals surface area contributed by atoms with Crippen LogP contribution in [0.1, 0.15) is 34.7 Å². The SMILES string of the molecule is O=C(C#Cc1ncco1)N/C=C/C[C@H]1CCOC/C=C/Cc2cccc(O)c2C(=O)O1. The van der Waals surface area contributed by atoms with Crippen molar-refractivity contribution >= 4 is 11.9 Å². The third-order valence-corrected chi connectivity index (χ3v) is 4.36. The number of nitrogens with zero attached hydrogens (tertiary/aromatic N) is 1. The number of esters is 1. The lowest BCUT2D eigenvalue weighted by Gasteiger charge is -2.18. The number of phenols is 1. The number of allylic oxidation sites excluding steroid dienone is 1. The number of aromatic hydroxyl groups is 1. The summed E-state index contributed by atoms with van der Waals surface area (Å²) in [5, 5.41) is 12.7. The zero-order valence-corrected chi connectivity index (χ0v) is 16.7. The second kappa shape index (κ2) is 11.4. The first-order valence-electron chi connectivity index (χ1n) is 9.75. The van der Waals surface area contributed by atoms with Crippen molar-refractivity contribution in [2.75, 3.05) is 13.2 Å². The van der Waals surface area contributed by atoms with Crippen molar-refractivity contribution < 1.29 is 28.6 Å². The predicted molar refractivity (Wildman–Crippen MR) is 111 cm³/mol. The second-order valence-corrected chi connectivity index (χ2v) is 6.58.